The molecule has 0 aliphatic rings. The van der Waals surface area contributed by atoms with Crippen molar-refractivity contribution >= 4 is 17.7 Å². The molecule has 1 amide bonds. The Balaban J connectivity index is 1.74. The van der Waals surface area contributed by atoms with Gasteiger partial charge in [-0.2, -0.15) is 5.10 Å². The van der Waals surface area contributed by atoms with Gasteiger partial charge in [0.1, 0.15) is 11.6 Å². The zero-order valence-corrected chi connectivity index (χ0v) is 17.3. The van der Waals surface area contributed by atoms with Gasteiger partial charge in [0.15, 0.2) is 0 Å². The van der Waals surface area contributed by atoms with Gasteiger partial charge in [-0.05, 0) is 43.2 Å². The second-order valence-electron chi connectivity index (χ2n) is 6.83. The van der Waals surface area contributed by atoms with Gasteiger partial charge in [-0.15, -0.1) is 0 Å². The van der Waals surface area contributed by atoms with Crippen LogP contribution in [0.1, 0.15) is 12.5 Å². The van der Waals surface area contributed by atoms with E-state index in [1.807, 2.05) is 12.1 Å². The Morgan fingerprint density at radius 3 is 2.55 bits per heavy atom. The van der Waals surface area contributed by atoms with E-state index in [1.165, 1.54) is 12.1 Å². The summed E-state index contributed by atoms with van der Waals surface area (Å²) in [6.45, 7) is 1.84. The first-order valence-corrected chi connectivity index (χ1v) is 9.85. The van der Waals surface area contributed by atoms with E-state index in [1.54, 1.807) is 49.2 Å². The third-order valence-corrected chi connectivity index (χ3v) is 4.57. The van der Waals surface area contributed by atoms with Crippen molar-refractivity contribution in [1.82, 2.24) is 20.1 Å². The van der Waals surface area contributed by atoms with Crippen LogP contribution in [0.2, 0.25) is 0 Å². The minimum absolute atomic E-state index is 0.124. The molecule has 0 saturated carbocycles. The largest absolute Gasteiger partial charge is 0.465 e. The van der Waals surface area contributed by atoms with E-state index in [-0.39, 0.29) is 31.3 Å². The Morgan fingerprint density at radius 2 is 1.87 bits per heavy atom. The van der Waals surface area contributed by atoms with Crippen molar-refractivity contribution in [3.63, 3.8) is 0 Å². The fraction of sp³-hybridized carbons (Fsp3) is 0.273. The lowest BCUT2D eigenvalue weighted by molar-refractivity contribution is -0.142. The molecule has 0 unspecified atom stereocenters. The molecule has 3 aromatic rings. The second-order valence-corrected chi connectivity index (χ2v) is 6.83. The predicted molar refractivity (Wildman–Crippen MR) is 114 cm³/mol. The van der Waals surface area contributed by atoms with Crippen LogP contribution in [0.5, 0.6) is 0 Å². The summed E-state index contributed by atoms with van der Waals surface area (Å²) in [5.41, 5.74) is 2.31. The number of aryl methyl sites for hydroxylation is 1. The van der Waals surface area contributed by atoms with E-state index in [4.69, 9.17) is 4.74 Å². The predicted octanol–water partition coefficient (Wildman–Crippen LogP) is 2.32. The molecule has 2 heterocycles. The number of hydrogen-bond acceptors (Lipinski definition) is 6. The number of nitrogens with one attached hydrogen (secondary N) is 2. The molecule has 2 aromatic heterocycles. The zero-order chi connectivity index (χ0) is 22.2. The quantitative estimate of drug-likeness (QED) is 0.511. The number of rotatable bonds is 9. The van der Waals surface area contributed by atoms with Gasteiger partial charge in [0.2, 0.25) is 5.91 Å². The Labute approximate surface area is 179 Å². The molecule has 3 rings (SSSR count). The zero-order valence-electron chi connectivity index (χ0n) is 17.3. The number of amides is 1. The number of hydrogen-bond donors (Lipinski definition) is 2. The second kappa shape index (κ2) is 10.4. The van der Waals surface area contributed by atoms with E-state index in [0.29, 0.717) is 11.5 Å². The highest BCUT2D eigenvalue weighted by atomic mass is 19.1. The maximum atomic E-state index is 13.2. The monoisotopic (exact) mass is 425 g/mol. The molecule has 31 heavy (non-hydrogen) atoms. The Bertz CT molecular complexity index is 1020. The molecular formula is C22H24FN5O3. The molecule has 9 heteroatoms. The van der Waals surface area contributed by atoms with Gasteiger partial charge in [-0.25, -0.2) is 4.39 Å². The summed E-state index contributed by atoms with van der Waals surface area (Å²) in [6, 6.07) is 10.5. The minimum Gasteiger partial charge on any atom is -0.465 e. The fourth-order valence-electron chi connectivity index (χ4n) is 2.99. The molecule has 0 aliphatic carbocycles. The van der Waals surface area contributed by atoms with E-state index in [2.05, 4.69) is 20.7 Å². The first kappa shape index (κ1) is 22.1. The van der Waals surface area contributed by atoms with Crippen LogP contribution in [0.25, 0.3) is 11.3 Å². The van der Waals surface area contributed by atoms with Crippen LogP contribution < -0.4 is 10.6 Å². The summed E-state index contributed by atoms with van der Waals surface area (Å²) in [4.78, 5) is 28.7. The van der Waals surface area contributed by atoms with Crippen molar-refractivity contribution in [2.45, 2.75) is 19.4 Å². The molecule has 162 valence electrons. The van der Waals surface area contributed by atoms with E-state index < -0.39 is 12.0 Å². The van der Waals surface area contributed by atoms with Crippen LogP contribution in [-0.4, -0.2) is 45.8 Å². The molecule has 0 fully saturated rings. The third kappa shape index (κ3) is 6.19. The van der Waals surface area contributed by atoms with Crippen LogP contribution in [0.15, 0.2) is 54.9 Å². The summed E-state index contributed by atoms with van der Waals surface area (Å²) in [5.74, 6) is -0.667. The molecule has 1 aromatic carbocycles. The number of carbonyl (C=O) groups is 2. The average molecular weight is 425 g/mol. The molecule has 0 aliphatic heterocycles. The van der Waals surface area contributed by atoms with Crippen molar-refractivity contribution in [2.24, 2.45) is 7.05 Å². The number of carbonyl (C=O) groups excluding carboxylic acids is 2. The van der Waals surface area contributed by atoms with Gasteiger partial charge in [0.25, 0.3) is 0 Å². The van der Waals surface area contributed by atoms with Gasteiger partial charge < -0.3 is 10.1 Å². The number of benzene rings is 1. The fourth-order valence-corrected chi connectivity index (χ4v) is 2.99. The number of aromatic nitrogens is 3. The van der Waals surface area contributed by atoms with E-state index >= 15 is 0 Å². The van der Waals surface area contributed by atoms with Crippen LogP contribution in [0.4, 0.5) is 10.2 Å². The lowest BCUT2D eigenvalue weighted by Gasteiger charge is -2.18. The summed E-state index contributed by atoms with van der Waals surface area (Å²) < 4.78 is 19.7. The van der Waals surface area contributed by atoms with Gasteiger partial charge in [0.05, 0.1) is 24.9 Å². The van der Waals surface area contributed by atoms with Gasteiger partial charge in [-0.3, -0.25) is 24.6 Å². The smallest absolute Gasteiger partial charge is 0.319 e. The Morgan fingerprint density at radius 1 is 1.16 bits per heavy atom. The van der Waals surface area contributed by atoms with Crippen LogP contribution in [0, 0.1) is 5.82 Å². The first-order chi connectivity index (χ1) is 15.0. The van der Waals surface area contributed by atoms with Gasteiger partial charge in [0, 0.05) is 31.1 Å². The first-order valence-electron chi connectivity index (χ1n) is 9.85. The van der Waals surface area contributed by atoms with Crippen molar-refractivity contribution in [3.8, 4) is 11.3 Å². The molecule has 0 bridgehead atoms. The van der Waals surface area contributed by atoms with E-state index in [9.17, 15) is 14.0 Å². The normalized spacial score (nSPS) is 11.7. The summed E-state index contributed by atoms with van der Waals surface area (Å²) in [7, 11) is 1.72. The molecule has 0 spiro atoms. The summed E-state index contributed by atoms with van der Waals surface area (Å²) in [6.07, 6.45) is 3.60. The maximum absolute atomic E-state index is 13.2. The SMILES string of the molecule is CCOC(=O)CN[C@@H](Cc1ccc(F)cc1)C(=O)Nc1cc(-c2ccncc2)nn1C. The van der Waals surface area contributed by atoms with Crippen molar-refractivity contribution in [3.05, 3.63) is 66.2 Å². The summed E-state index contributed by atoms with van der Waals surface area (Å²) in [5, 5.41) is 10.2. The van der Waals surface area contributed by atoms with Gasteiger partial charge >= 0.3 is 5.97 Å². The molecule has 8 nitrogen and oxygen atoms in total. The number of anilines is 1. The highest BCUT2D eigenvalue weighted by Gasteiger charge is 2.22. The maximum Gasteiger partial charge on any atom is 0.319 e. The van der Waals surface area contributed by atoms with E-state index in [0.717, 1.165) is 11.1 Å². The highest BCUT2D eigenvalue weighted by Crippen LogP contribution is 2.20. The van der Waals surface area contributed by atoms with Crippen molar-refractivity contribution in [1.29, 1.82) is 0 Å². The molecule has 0 saturated heterocycles. The number of nitrogens with zero attached hydrogens (tertiary/aromatic N) is 3. The van der Waals surface area contributed by atoms with Gasteiger partial charge in [-0.1, -0.05) is 12.1 Å². The van der Waals surface area contributed by atoms with Crippen molar-refractivity contribution in [2.75, 3.05) is 18.5 Å². The Kier molecular flexibility index (Phi) is 7.45. The Hall–Kier alpha value is -3.59. The third-order valence-electron chi connectivity index (χ3n) is 4.57. The summed E-state index contributed by atoms with van der Waals surface area (Å²) >= 11 is 0. The molecule has 2 N–H and O–H groups in total. The number of halogens is 1. The standard InChI is InChI=1S/C22H24FN5O3/c1-3-31-21(29)14-25-19(12-15-4-6-17(23)7-5-15)22(30)26-20-13-18(27-28(20)2)16-8-10-24-11-9-16/h4-11,13,19,25H,3,12,14H2,1-2H3,(H,26,30)/t19-/m0/s1. The molecule has 1 atom stereocenters. The number of esters is 1. The van der Waals surface area contributed by atoms with Crippen LogP contribution in [0.3, 0.4) is 0 Å². The minimum atomic E-state index is -0.742. The topological polar surface area (TPSA) is 98.1 Å². The van der Waals surface area contributed by atoms with Crippen molar-refractivity contribution < 1.29 is 18.7 Å². The lowest BCUT2D eigenvalue weighted by atomic mass is 10.1. The number of pyridine rings is 1. The lowest BCUT2D eigenvalue weighted by Crippen LogP contribution is -2.44. The van der Waals surface area contributed by atoms with Crippen LogP contribution in [-0.2, 0) is 27.8 Å². The van der Waals surface area contributed by atoms with Crippen LogP contribution >= 0.6 is 0 Å². The average Bonchev–Trinajstić information content (AvgIpc) is 3.13. The highest BCUT2D eigenvalue weighted by molar-refractivity contribution is 5.95. The molecular weight excluding hydrogens is 401 g/mol. The molecule has 0 radical (unpaired) electrons. The number of ether oxygens (including phenoxy) is 1.